The SMILES string of the molecule is CC(C)(C)c1ccccc1NC(=O)c1cccc(S(=O)(=O)NC2CCCC2)c1. The van der Waals surface area contributed by atoms with E-state index in [2.05, 4.69) is 30.8 Å². The molecule has 1 aliphatic carbocycles. The number of benzene rings is 2. The third-order valence-corrected chi connectivity index (χ3v) is 6.58. The van der Waals surface area contributed by atoms with Crippen molar-refractivity contribution < 1.29 is 13.2 Å². The lowest BCUT2D eigenvalue weighted by Gasteiger charge is -2.23. The fourth-order valence-corrected chi connectivity index (χ4v) is 4.93. The second kappa shape index (κ2) is 8.05. The van der Waals surface area contributed by atoms with Crippen molar-refractivity contribution in [3.63, 3.8) is 0 Å². The molecule has 28 heavy (non-hydrogen) atoms. The number of nitrogens with one attached hydrogen (secondary N) is 2. The molecule has 3 rings (SSSR count). The van der Waals surface area contributed by atoms with Crippen molar-refractivity contribution in [1.82, 2.24) is 4.72 Å². The monoisotopic (exact) mass is 400 g/mol. The average Bonchev–Trinajstić information content (AvgIpc) is 3.13. The summed E-state index contributed by atoms with van der Waals surface area (Å²) in [6, 6.07) is 13.8. The van der Waals surface area contributed by atoms with E-state index in [1.807, 2.05) is 24.3 Å². The van der Waals surface area contributed by atoms with Crippen molar-refractivity contribution in [3.05, 3.63) is 59.7 Å². The lowest BCUT2D eigenvalue weighted by molar-refractivity contribution is 0.102. The van der Waals surface area contributed by atoms with Crippen LogP contribution in [0.3, 0.4) is 0 Å². The molecule has 1 aliphatic rings. The van der Waals surface area contributed by atoms with Crippen molar-refractivity contribution in [3.8, 4) is 0 Å². The molecule has 0 bridgehead atoms. The molecule has 6 heteroatoms. The van der Waals surface area contributed by atoms with Gasteiger partial charge in [-0.25, -0.2) is 13.1 Å². The first-order valence-electron chi connectivity index (χ1n) is 9.70. The van der Waals surface area contributed by atoms with Crippen LogP contribution in [0.4, 0.5) is 5.69 Å². The molecule has 0 atom stereocenters. The van der Waals surface area contributed by atoms with Gasteiger partial charge in [-0.15, -0.1) is 0 Å². The number of carbonyl (C=O) groups excluding carboxylic acids is 1. The minimum Gasteiger partial charge on any atom is -0.322 e. The molecule has 1 fully saturated rings. The van der Waals surface area contributed by atoms with Gasteiger partial charge < -0.3 is 5.32 Å². The van der Waals surface area contributed by atoms with Gasteiger partial charge in [0, 0.05) is 17.3 Å². The Morgan fingerprint density at radius 2 is 1.68 bits per heavy atom. The van der Waals surface area contributed by atoms with E-state index in [9.17, 15) is 13.2 Å². The van der Waals surface area contributed by atoms with Crippen molar-refractivity contribution in [1.29, 1.82) is 0 Å². The Morgan fingerprint density at radius 3 is 2.36 bits per heavy atom. The summed E-state index contributed by atoms with van der Waals surface area (Å²) in [5.41, 5.74) is 1.95. The van der Waals surface area contributed by atoms with Gasteiger partial charge in [0.1, 0.15) is 0 Å². The van der Waals surface area contributed by atoms with Gasteiger partial charge in [-0.2, -0.15) is 0 Å². The molecule has 150 valence electrons. The molecule has 1 amide bonds. The molecule has 1 saturated carbocycles. The first kappa shape index (κ1) is 20.6. The Hall–Kier alpha value is -2.18. The number of sulfonamides is 1. The summed E-state index contributed by atoms with van der Waals surface area (Å²) in [5, 5.41) is 2.93. The molecule has 0 aliphatic heterocycles. The van der Waals surface area contributed by atoms with E-state index in [1.54, 1.807) is 12.1 Å². The number of carbonyl (C=O) groups is 1. The largest absolute Gasteiger partial charge is 0.322 e. The van der Waals surface area contributed by atoms with Crippen LogP contribution in [0.25, 0.3) is 0 Å². The molecule has 0 aromatic heterocycles. The summed E-state index contributed by atoms with van der Waals surface area (Å²) in [4.78, 5) is 12.9. The summed E-state index contributed by atoms with van der Waals surface area (Å²) in [5.74, 6) is -0.324. The Balaban J connectivity index is 1.82. The molecule has 0 radical (unpaired) electrons. The van der Waals surface area contributed by atoms with E-state index >= 15 is 0 Å². The highest BCUT2D eigenvalue weighted by Crippen LogP contribution is 2.29. The molecular weight excluding hydrogens is 372 g/mol. The Labute approximate surface area is 167 Å². The number of para-hydroxylation sites is 1. The minimum atomic E-state index is -3.63. The predicted molar refractivity (Wildman–Crippen MR) is 112 cm³/mol. The molecule has 0 heterocycles. The number of hydrogen-bond acceptors (Lipinski definition) is 3. The molecular formula is C22H28N2O3S. The van der Waals surface area contributed by atoms with Crippen LogP contribution in [0.1, 0.15) is 62.4 Å². The maximum absolute atomic E-state index is 12.8. The van der Waals surface area contributed by atoms with Crippen molar-refractivity contribution in [2.45, 2.75) is 62.8 Å². The second-order valence-corrected chi connectivity index (χ2v) is 10.1. The summed E-state index contributed by atoms with van der Waals surface area (Å²) in [6.45, 7) is 6.25. The molecule has 2 N–H and O–H groups in total. The molecule has 0 unspecified atom stereocenters. The van der Waals surface area contributed by atoms with Crippen LogP contribution >= 0.6 is 0 Å². The first-order valence-corrected chi connectivity index (χ1v) is 11.2. The van der Waals surface area contributed by atoms with Gasteiger partial charge in [-0.1, -0.05) is 57.9 Å². The Morgan fingerprint density at radius 1 is 1.00 bits per heavy atom. The maximum Gasteiger partial charge on any atom is 0.255 e. The van der Waals surface area contributed by atoms with Crippen molar-refractivity contribution >= 4 is 21.6 Å². The van der Waals surface area contributed by atoms with E-state index in [0.29, 0.717) is 5.56 Å². The minimum absolute atomic E-state index is 0.0128. The van der Waals surface area contributed by atoms with E-state index in [1.165, 1.54) is 12.1 Å². The highest BCUT2D eigenvalue weighted by molar-refractivity contribution is 7.89. The highest BCUT2D eigenvalue weighted by atomic mass is 32.2. The van der Waals surface area contributed by atoms with Crippen LogP contribution in [0, 0.1) is 0 Å². The quantitative estimate of drug-likeness (QED) is 0.778. The van der Waals surface area contributed by atoms with Crippen LogP contribution in [-0.2, 0) is 15.4 Å². The smallest absolute Gasteiger partial charge is 0.255 e. The van der Waals surface area contributed by atoms with Gasteiger partial charge in [0.15, 0.2) is 0 Å². The summed E-state index contributed by atoms with van der Waals surface area (Å²) in [7, 11) is -3.63. The zero-order valence-corrected chi connectivity index (χ0v) is 17.5. The summed E-state index contributed by atoms with van der Waals surface area (Å²) < 4.78 is 28.1. The fraction of sp³-hybridized carbons (Fsp3) is 0.409. The number of rotatable bonds is 5. The summed E-state index contributed by atoms with van der Waals surface area (Å²) in [6.07, 6.45) is 3.82. The number of amides is 1. The highest BCUT2D eigenvalue weighted by Gasteiger charge is 2.24. The van der Waals surface area contributed by atoms with Crippen LogP contribution in [0.15, 0.2) is 53.4 Å². The average molecular weight is 401 g/mol. The number of anilines is 1. The third-order valence-electron chi connectivity index (χ3n) is 5.07. The fourth-order valence-electron chi connectivity index (χ4n) is 3.58. The second-order valence-electron chi connectivity index (χ2n) is 8.38. The summed E-state index contributed by atoms with van der Waals surface area (Å²) >= 11 is 0. The van der Waals surface area contributed by atoms with Gasteiger partial charge in [0.05, 0.1) is 4.90 Å². The van der Waals surface area contributed by atoms with E-state index < -0.39 is 10.0 Å². The van der Waals surface area contributed by atoms with Crippen LogP contribution < -0.4 is 10.0 Å². The van der Waals surface area contributed by atoms with Crippen LogP contribution in [0.2, 0.25) is 0 Å². The molecule has 0 saturated heterocycles. The lowest BCUT2D eigenvalue weighted by Crippen LogP contribution is -2.32. The van der Waals surface area contributed by atoms with Gasteiger partial charge in [-0.05, 0) is 48.1 Å². The first-order chi connectivity index (χ1) is 13.2. The van der Waals surface area contributed by atoms with E-state index in [4.69, 9.17) is 0 Å². The molecule has 2 aromatic rings. The predicted octanol–water partition coefficient (Wildman–Crippen LogP) is 4.46. The van der Waals surface area contributed by atoms with Crippen LogP contribution in [-0.4, -0.2) is 20.4 Å². The van der Waals surface area contributed by atoms with Crippen LogP contribution in [0.5, 0.6) is 0 Å². The van der Waals surface area contributed by atoms with Gasteiger partial charge in [-0.3, -0.25) is 4.79 Å². The maximum atomic E-state index is 12.8. The van der Waals surface area contributed by atoms with Crippen molar-refractivity contribution in [2.24, 2.45) is 0 Å². The topological polar surface area (TPSA) is 75.3 Å². The van der Waals surface area contributed by atoms with E-state index in [-0.39, 0.29) is 22.3 Å². The zero-order valence-electron chi connectivity index (χ0n) is 16.7. The molecule has 0 spiro atoms. The lowest BCUT2D eigenvalue weighted by atomic mass is 9.86. The number of hydrogen-bond donors (Lipinski definition) is 2. The van der Waals surface area contributed by atoms with Gasteiger partial charge >= 0.3 is 0 Å². The van der Waals surface area contributed by atoms with Crippen molar-refractivity contribution in [2.75, 3.05) is 5.32 Å². The molecule has 2 aromatic carbocycles. The van der Waals surface area contributed by atoms with Gasteiger partial charge in [0.2, 0.25) is 10.0 Å². The van der Waals surface area contributed by atoms with E-state index in [0.717, 1.165) is 36.9 Å². The standard InChI is InChI=1S/C22H28N2O3S/c1-22(2,3)19-13-6-7-14-20(19)23-21(25)16-9-8-12-18(15-16)28(26,27)24-17-10-4-5-11-17/h6-9,12-15,17,24H,4-5,10-11H2,1-3H3,(H,23,25). The Kier molecular flexibility index (Phi) is 5.91. The molecule has 5 nitrogen and oxygen atoms in total. The third kappa shape index (κ3) is 4.80. The van der Waals surface area contributed by atoms with Gasteiger partial charge in [0.25, 0.3) is 5.91 Å². The zero-order chi connectivity index (χ0) is 20.4. The normalized spacial score (nSPS) is 15.5. The Bertz CT molecular complexity index is 956.